The highest BCUT2D eigenvalue weighted by Gasteiger charge is 2.24. The Labute approximate surface area is 178 Å². The Bertz CT molecular complexity index is 884. The average molecular weight is 412 g/mol. The Morgan fingerprint density at radius 2 is 2.07 bits per heavy atom. The predicted octanol–water partition coefficient (Wildman–Crippen LogP) is 4.30. The molecule has 2 aromatic carbocycles. The van der Waals surface area contributed by atoms with Crippen molar-refractivity contribution >= 4 is 34.7 Å². The van der Waals surface area contributed by atoms with Gasteiger partial charge in [-0.3, -0.25) is 0 Å². The maximum atomic E-state index is 11.9. The minimum Gasteiger partial charge on any atom is -0.462 e. The number of nitrogens with zero attached hydrogens (tertiary/aromatic N) is 1. The minimum absolute atomic E-state index is 0.325. The molecular formula is C23H29N3O2S. The molecule has 0 amide bonds. The molecule has 3 rings (SSSR count). The van der Waals surface area contributed by atoms with Crippen LogP contribution in [0.1, 0.15) is 41.8 Å². The number of para-hydroxylation sites is 1. The van der Waals surface area contributed by atoms with Crippen molar-refractivity contribution in [3.63, 3.8) is 0 Å². The predicted molar refractivity (Wildman–Crippen MR) is 123 cm³/mol. The number of rotatable bonds is 7. The Balaban J connectivity index is 1.48. The van der Waals surface area contributed by atoms with Crippen molar-refractivity contribution in [2.45, 2.75) is 39.7 Å². The molecule has 0 unspecified atom stereocenters. The first-order valence-electron chi connectivity index (χ1n) is 10.2. The smallest absolute Gasteiger partial charge is 0.338 e. The molecule has 1 heterocycles. The summed E-state index contributed by atoms with van der Waals surface area (Å²) in [5.74, 6) is -0.325. The third-order valence-electron chi connectivity index (χ3n) is 5.21. The molecule has 1 aliphatic rings. The number of esters is 1. The lowest BCUT2D eigenvalue weighted by Crippen LogP contribution is -2.34. The van der Waals surface area contributed by atoms with E-state index >= 15 is 0 Å². The van der Waals surface area contributed by atoms with Gasteiger partial charge in [-0.1, -0.05) is 24.3 Å². The van der Waals surface area contributed by atoms with Crippen LogP contribution >= 0.6 is 12.2 Å². The molecule has 5 nitrogen and oxygen atoms in total. The van der Waals surface area contributed by atoms with Gasteiger partial charge in [-0.15, -0.1) is 0 Å². The van der Waals surface area contributed by atoms with Crippen molar-refractivity contribution in [1.29, 1.82) is 0 Å². The van der Waals surface area contributed by atoms with E-state index in [-0.39, 0.29) is 5.97 Å². The molecule has 0 spiro atoms. The number of carbonyl (C=O) groups is 1. The molecule has 29 heavy (non-hydrogen) atoms. The molecule has 154 valence electrons. The maximum Gasteiger partial charge on any atom is 0.338 e. The van der Waals surface area contributed by atoms with E-state index in [0.717, 1.165) is 37.2 Å². The van der Waals surface area contributed by atoms with Crippen LogP contribution in [0.5, 0.6) is 0 Å². The summed E-state index contributed by atoms with van der Waals surface area (Å²) in [5, 5.41) is 7.03. The summed E-state index contributed by atoms with van der Waals surface area (Å²) in [6, 6.07) is 14.6. The van der Waals surface area contributed by atoms with Crippen LogP contribution in [-0.4, -0.2) is 36.8 Å². The van der Waals surface area contributed by atoms with Gasteiger partial charge in [0.15, 0.2) is 5.11 Å². The van der Waals surface area contributed by atoms with Gasteiger partial charge in [0.2, 0.25) is 0 Å². The normalized spacial score (nSPS) is 15.0. The van der Waals surface area contributed by atoms with Crippen molar-refractivity contribution in [2.24, 2.45) is 0 Å². The van der Waals surface area contributed by atoms with E-state index in [9.17, 15) is 4.79 Å². The number of hydrogen-bond acceptors (Lipinski definition) is 4. The van der Waals surface area contributed by atoms with Gasteiger partial charge in [0, 0.05) is 30.5 Å². The van der Waals surface area contributed by atoms with E-state index in [1.807, 2.05) is 13.0 Å². The van der Waals surface area contributed by atoms with E-state index in [4.69, 9.17) is 17.0 Å². The fourth-order valence-corrected chi connectivity index (χ4v) is 3.90. The van der Waals surface area contributed by atoms with Crippen LogP contribution < -0.4 is 15.5 Å². The SMILES string of the molecule is CCOC(=O)c1ccc(C)c(NC(=S)NCCCN2c3ccccc3C[C@@H]2C)c1. The quantitative estimate of drug-likeness (QED) is 0.403. The maximum absolute atomic E-state index is 11.9. The molecule has 0 fully saturated rings. The Morgan fingerprint density at radius 1 is 1.28 bits per heavy atom. The zero-order chi connectivity index (χ0) is 20.8. The highest BCUT2D eigenvalue weighted by molar-refractivity contribution is 7.80. The molecule has 6 heteroatoms. The van der Waals surface area contributed by atoms with Gasteiger partial charge in [-0.2, -0.15) is 0 Å². The summed E-state index contributed by atoms with van der Waals surface area (Å²) in [6.45, 7) is 8.19. The largest absolute Gasteiger partial charge is 0.462 e. The molecular weight excluding hydrogens is 382 g/mol. The van der Waals surface area contributed by atoms with Crippen molar-refractivity contribution < 1.29 is 9.53 Å². The van der Waals surface area contributed by atoms with Gasteiger partial charge in [-0.25, -0.2) is 4.79 Å². The van der Waals surface area contributed by atoms with E-state index in [2.05, 4.69) is 46.7 Å². The Kier molecular flexibility index (Phi) is 7.09. The summed E-state index contributed by atoms with van der Waals surface area (Å²) in [5.41, 5.74) is 5.14. The molecule has 1 aliphatic heterocycles. The van der Waals surface area contributed by atoms with E-state index < -0.39 is 0 Å². The molecule has 0 radical (unpaired) electrons. The Morgan fingerprint density at radius 3 is 2.86 bits per heavy atom. The van der Waals surface area contributed by atoms with Crippen molar-refractivity contribution in [3.8, 4) is 0 Å². The van der Waals surface area contributed by atoms with Crippen LogP contribution in [0.2, 0.25) is 0 Å². The van der Waals surface area contributed by atoms with E-state index in [0.29, 0.717) is 23.3 Å². The molecule has 0 aromatic heterocycles. The number of anilines is 2. The highest BCUT2D eigenvalue weighted by Crippen LogP contribution is 2.31. The standard InChI is InChI=1S/C23H29N3O2S/c1-4-28-22(27)19-11-10-16(2)20(15-19)25-23(29)24-12-7-13-26-17(3)14-18-8-5-6-9-21(18)26/h5-6,8-11,15,17H,4,7,12-14H2,1-3H3,(H2,24,25,29)/t17-/m0/s1. The number of benzene rings is 2. The molecule has 1 atom stereocenters. The van der Waals surface area contributed by atoms with E-state index in [1.165, 1.54) is 11.3 Å². The van der Waals surface area contributed by atoms with Gasteiger partial charge >= 0.3 is 5.97 Å². The average Bonchev–Trinajstić information content (AvgIpc) is 3.02. The number of aryl methyl sites for hydroxylation is 1. The monoisotopic (exact) mass is 411 g/mol. The Hall–Kier alpha value is -2.60. The second-order valence-electron chi connectivity index (χ2n) is 7.36. The zero-order valence-electron chi connectivity index (χ0n) is 17.3. The van der Waals surface area contributed by atoms with Crippen molar-refractivity contribution in [3.05, 3.63) is 59.2 Å². The molecule has 0 aliphatic carbocycles. The van der Waals surface area contributed by atoms with Gasteiger partial charge in [-0.05, 0) is 75.2 Å². The van der Waals surface area contributed by atoms with Crippen molar-refractivity contribution in [2.75, 3.05) is 29.9 Å². The number of fused-ring (bicyclic) bond motifs is 1. The number of ether oxygens (including phenoxy) is 1. The van der Waals surface area contributed by atoms with Crippen LogP contribution in [0.4, 0.5) is 11.4 Å². The second kappa shape index (κ2) is 9.74. The first kappa shape index (κ1) is 21.1. The summed E-state index contributed by atoms with van der Waals surface area (Å²) in [4.78, 5) is 14.4. The first-order chi connectivity index (χ1) is 14.0. The number of thiocarbonyl (C=S) groups is 1. The molecule has 0 saturated heterocycles. The summed E-state index contributed by atoms with van der Waals surface area (Å²) < 4.78 is 5.07. The van der Waals surface area contributed by atoms with E-state index in [1.54, 1.807) is 19.1 Å². The van der Waals surface area contributed by atoms with Crippen molar-refractivity contribution in [1.82, 2.24) is 5.32 Å². The topological polar surface area (TPSA) is 53.6 Å². The number of hydrogen-bond donors (Lipinski definition) is 2. The van der Waals surface area contributed by atoms with Gasteiger partial charge in [0.05, 0.1) is 12.2 Å². The molecule has 0 bridgehead atoms. The molecule has 0 saturated carbocycles. The van der Waals surface area contributed by atoms with Crippen LogP contribution in [0.3, 0.4) is 0 Å². The van der Waals surface area contributed by atoms with Gasteiger partial charge < -0.3 is 20.3 Å². The fourth-order valence-electron chi connectivity index (χ4n) is 3.69. The summed E-state index contributed by atoms with van der Waals surface area (Å²) in [6.07, 6.45) is 2.10. The zero-order valence-corrected chi connectivity index (χ0v) is 18.1. The fraction of sp³-hybridized carbons (Fsp3) is 0.391. The lowest BCUT2D eigenvalue weighted by atomic mass is 10.1. The van der Waals surface area contributed by atoms with Crippen LogP contribution in [-0.2, 0) is 11.2 Å². The highest BCUT2D eigenvalue weighted by atomic mass is 32.1. The van der Waals surface area contributed by atoms with Crippen LogP contribution in [0.15, 0.2) is 42.5 Å². The lowest BCUT2D eigenvalue weighted by Gasteiger charge is -2.25. The van der Waals surface area contributed by atoms with Gasteiger partial charge in [0.25, 0.3) is 0 Å². The molecule has 2 aromatic rings. The molecule has 2 N–H and O–H groups in total. The van der Waals surface area contributed by atoms with Crippen LogP contribution in [0.25, 0.3) is 0 Å². The van der Waals surface area contributed by atoms with Crippen LogP contribution in [0, 0.1) is 6.92 Å². The third kappa shape index (κ3) is 5.26. The lowest BCUT2D eigenvalue weighted by molar-refractivity contribution is 0.0526. The number of carbonyl (C=O) groups excluding carboxylic acids is 1. The summed E-state index contributed by atoms with van der Waals surface area (Å²) in [7, 11) is 0. The minimum atomic E-state index is -0.325. The van der Waals surface area contributed by atoms with Gasteiger partial charge in [0.1, 0.15) is 0 Å². The summed E-state index contributed by atoms with van der Waals surface area (Å²) >= 11 is 5.44. The number of nitrogens with one attached hydrogen (secondary N) is 2. The third-order valence-corrected chi connectivity index (χ3v) is 5.45. The second-order valence-corrected chi connectivity index (χ2v) is 7.77. The first-order valence-corrected chi connectivity index (χ1v) is 10.6.